The topological polar surface area (TPSA) is 65.4 Å². The molecule has 4 nitrogen and oxygen atoms in total. The molecule has 4 aromatic rings. The lowest BCUT2D eigenvalue weighted by Gasteiger charge is -2.06. The van der Waals surface area contributed by atoms with Gasteiger partial charge >= 0.3 is 0 Å². The van der Waals surface area contributed by atoms with Crippen LogP contribution in [0.15, 0.2) is 54.9 Å². The third kappa shape index (κ3) is 2.85. The molecule has 0 atom stereocenters. The number of hydrogen-bond acceptors (Lipinski definition) is 3. The van der Waals surface area contributed by atoms with E-state index in [1.807, 2.05) is 30.3 Å². The van der Waals surface area contributed by atoms with Crippen molar-refractivity contribution in [2.24, 2.45) is 0 Å². The summed E-state index contributed by atoms with van der Waals surface area (Å²) in [6.45, 7) is 0. The minimum Gasteiger partial charge on any atom is -0.353 e. The predicted molar refractivity (Wildman–Crippen MR) is 99.5 cm³/mol. The van der Waals surface area contributed by atoms with E-state index >= 15 is 0 Å². The number of pyridine rings is 2. The summed E-state index contributed by atoms with van der Waals surface area (Å²) in [6, 6.07) is 14.8. The fourth-order valence-electron chi connectivity index (χ4n) is 2.84. The van der Waals surface area contributed by atoms with Gasteiger partial charge in [0.15, 0.2) is 0 Å². The fraction of sp³-hybridized carbons (Fsp3) is 0. The first-order valence-electron chi connectivity index (χ1n) is 7.45. The normalized spacial score (nSPS) is 10.8. The maximum atomic E-state index is 9.20. The van der Waals surface area contributed by atoms with Crippen molar-refractivity contribution in [2.75, 3.05) is 0 Å². The van der Waals surface area contributed by atoms with Gasteiger partial charge in [-0.05, 0) is 48.0 Å². The Morgan fingerprint density at radius 1 is 0.920 bits per heavy atom. The van der Waals surface area contributed by atoms with Gasteiger partial charge in [0.05, 0.1) is 16.7 Å². The maximum Gasteiger partial charge on any atom is 0.141 e. The summed E-state index contributed by atoms with van der Waals surface area (Å²) in [5.41, 5.74) is 5.39. The van der Waals surface area contributed by atoms with Crippen LogP contribution in [0.1, 0.15) is 5.69 Å². The van der Waals surface area contributed by atoms with Crippen LogP contribution >= 0.6 is 23.2 Å². The second-order valence-electron chi connectivity index (χ2n) is 5.47. The molecule has 4 rings (SSSR count). The minimum atomic E-state index is 0.349. The molecule has 0 fully saturated rings. The molecule has 0 radical (unpaired) electrons. The van der Waals surface area contributed by atoms with Crippen LogP contribution in [-0.4, -0.2) is 15.0 Å². The Kier molecular flexibility index (Phi) is 3.89. The first-order chi connectivity index (χ1) is 12.2. The Bertz CT molecular complexity index is 1110. The van der Waals surface area contributed by atoms with Gasteiger partial charge in [0, 0.05) is 33.6 Å². The van der Waals surface area contributed by atoms with Gasteiger partial charge < -0.3 is 4.98 Å². The van der Waals surface area contributed by atoms with Gasteiger partial charge in [-0.25, -0.2) is 4.98 Å². The van der Waals surface area contributed by atoms with Crippen LogP contribution in [0.5, 0.6) is 0 Å². The van der Waals surface area contributed by atoms with Crippen LogP contribution in [0, 0.1) is 11.3 Å². The number of nitriles is 1. The summed E-state index contributed by atoms with van der Waals surface area (Å²) in [4.78, 5) is 11.9. The van der Waals surface area contributed by atoms with E-state index in [4.69, 9.17) is 23.2 Å². The number of aromatic nitrogens is 3. The molecule has 0 saturated carbocycles. The molecule has 1 aromatic carbocycles. The number of nitrogens with one attached hydrogen (secondary N) is 1. The SMILES string of the molecule is N#Cc1ccc2[nH]c(-c3ccncc3)c(-c3cc(Cl)cc(Cl)c3)c2n1. The van der Waals surface area contributed by atoms with E-state index in [-0.39, 0.29) is 0 Å². The monoisotopic (exact) mass is 364 g/mol. The molecule has 0 aliphatic rings. The first kappa shape index (κ1) is 15.6. The van der Waals surface area contributed by atoms with E-state index in [1.165, 1.54) is 0 Å². The minimum absolute atomic E-state index is 0.349. The lowest BCUT2D eigenvalue weighted by atomic mass is 10.0. The third-order valence-electron chi connectivity index (χ3n) is 3.88. The summed E-state index contributed by atoms with van der Waals surface area (Å²) in [5.74, 6) is 0. The van der Waals surface area contributed by atoms with E-state index in [9.17, 15) is 5.26 Å². The van der Waals surface area contributed by atoms with Gasteiger partial charge in [0.1, 0.15) is 11.8 Å². The second-order valence-corrected chi connectivity index (χ2v) is 6.35. The fourth-order valence-corrected chi connectivity index (χ4v) is 3.37. The highest BCUT2D eigenvalue weighted by atomic mass is 35.5. The molecule has 3 heterocycles. The number of benzene rings is 1. The Morgan fingerprint density at radius 2 is 1.64 bits per heavy atom. The molecule has 1 N–H and O–H groups in total. The largest absolute Gasteiger partial charge is 0.353 e. The summed E-state index contributed by atoms with van der Waals surface area (Å²) < 4.78 is 0. The Labute approximate surface area is 153 Å². The lowest BCUT2D eigenvalue weighted by Crippen LogP contribution is -1.86. The molecular weight excluding hydrogens is 355 g/mol. The van der Waals surface area contributed by atoms with Crippen molar-refractivity contribution in [3.63, 3.8) is 0 Å². The highest BCUT2D eigenvalue weighted by Crippen LogP contribution is 2.39. The van der Waals surface area contributed by atoms with E-state index in [0.717, 1.165) is 27.9 Å². The zero-order chi connectivity index (χ0) is 17.4. The third-order valence-corrected chi connectivity index (χ3v) is 4.31. The van der Waals surface area contributed by atoms with E-state index < -0.39 is 0 Å². The van der Waals surface area contributed by atoms with Crippen molar-refractivity contribution in [1.29, 1.82) is 5.26 Å². The molecular formula is C19H10Cl2N4. The molecule has 0 unspecified atom stereocenters. The van der Waals surface area contributed by atoms with Crippen LogP contribution in [0.2, 0.25) is 10.0 Å². The number of H-pyrrole nitrogens is 1. The Hall–Kier alpha value is -2.87. The van der Waals surface area contributed by atoms with Crippen LogP contribution in [0.4, 0.5) is 0 Å². The van der Waals surface area contributed by atoms with Crippen molar-refractivity contribution < 1.29 is 0 Å². The van der Waals surface area contributed by atoms with Gasteiger partial charge in [0.25, 0.3) is 0 Å². The van der Waals surface area contributed by atoms with Gasteiger partial charge in [0.2, 0.25) is 0 Å². The van der Waals surface area contributed by atoms with E-state index in [2.05, 4.69) is 21.0 Å². The van der Waals surface area contributed by atoms with Gasteiger partial charge in [-0.15, -0.1) is 0 Å². The van der Waals surface area contributed by atoms with Crippen molar-refractivity contribution in [3.05, 3.63) is 70.6 Å². The standard InChI is InChI=1S/C19H10Cl2N4/c20-13-7-12(8-14(21)9-13)17-18(11-3-5-23-6-4-11)25-16-2-1-15(10-22)24-19(16)17/h1-9,25H. The maximum absolute atomic E-state index is 9.20. The molecule has 0 aliphatic heterocycles. The van der Waals surface area contributed by atoms with E-state index in [1.54, 1.807) is 24.5 Å². The molecule has 0 amide bonds. The zero-order valence-electron chi connectivity index (χ0n) is 12.8. The van der Waals surface area contributed by atoms with Gasteiger partial charge in [-0.2, -0.15) is 5.26 Å². The number of halogens is 2. The number of aromatic amines is 1. The smallest absolute Gasteiger partial charge is 0.141 e. The van der Waals surface area contributed by atoms with Crippen molar-refractivity contribution in [1.82, 2.24) is 15.0 Å². The molecule has 6 heteroatoms. The average Bonchev–Trinajstić information content (AvgIpc) is 3.00. The van der Waals surface area contributed by atoms with Crippen LogP contribution in [0.3, 0.4) is 0 Å². The van der Waals surface area contributed by atoms with Crippen LogP contribution < -0.4 is 0 Å². The van der Waals surface area contributed by atoms with E-state index in [0.29, 0.717) is 21.3 Å². The summed E-state index contributed by atoms with van der Waals surface area (Å²) in [5, 5.41) is 10.3. The predicted octanol–water partition coefficient (Wildman–Crippen LogP) is 5.47. The average molecular weight is 365 g/mol. The molecule has 120 valence electrons. The molecule has 0 aliphatic carbocycles. The van der Waals surface area contributed by atoms with Crippen molar-refractivity contribution in [2.45, 2.75) is 0 Å². The number of fused-ring (bicyclic) bond motifs is 1. The summed E-state index contributed by atoms with van der Waals surface area (Å²) in [7, 11) is 0. The second kappa shape index (κ2) is 6.21. The van der Waals surface area contributed by atoms with Crippen molar-refractivity contribution in [3.8, 4) is 28.5 Å². The molecule has 3 aromatic heterocycles. The van der Waals surface area contributed by atoms with Gasteiger partial charge in [-0.1, -0.05) is 23.2 Å². The Balaban J connectivity index is 2.10. The zero-order valence-corrected chi connectivity index (χ0v) is 14.3. The van der Waals surface area contributed by atoms with Crippen LogP contribution in [0.25, 0.3) is 33.4 Å². The molecule has 0 saturated heterocycles. The van der Waals surface area contributed by atoms with Crippen LogP contribution in [-0.2, 0) is 0 Å². The van der Waals surface area contributed by atoms with Crippen molar-refractivity contribution >= 4 is 34.2 Å². The highest BCUT2D eigenvalue weighted by Gasteiger charge is 2.17. The number of rotatable bonds is 2. The molecule has 0 spiro atoms. The summed E-state index contributed by atoms with van der Waals surface area (Å²) >= 11 is 12.4. The van der Waals surface area contributed by atoms with Gasteiger partial charge in [-0.3, -0.25) is 4.98 Å². The lowest BCUT2D eigenvalue weighted by molar-refractivity contribution is 1.32. The highest BCUT2D eigenvalue weighted by molar-refractivity contribution is 6.35. The first-order valence-corrected chi connectivity index (χ1v) is 8.21. The number of hydrogen-bond donors (Lipinski definition) is 1. The molecule has 0 bridgehead atoms. The molecule has 25 heavy (non-hydrogen) atoms. The Morgan fingerprint density at radius 3 is 2.32 bits per heavy atom. The quantitative estimate of drug-likeness (QED) is 0.512. The summed E-state index contributed by atoms with van der Waals surface area (Å²) in [6.07, 6.45) is 3.45. The number of nitrogens with zero attached hydrogens (tertiary/aromatic N) is 3.